The van der Waals surface area contributed by atoms with Crippen LogP contribution in [-0.2, 0) is 24.2 Å². The SMILES string of the molecule is CC(C)c1nc(CC(=O)NCc2ccc(-c3ccc4c(c3)CCO4)cc2)cs1. The maximum absolute atomic E-state index is 12.2. The Morgan fingerprint density at radius 1 is 1.18 bits per heavy atom. The maximum Gasteiger partial charge on any atom is 0.226 e. The van der Waals surface area contributed by atoms with E-state index in [1.54, 1.807) is 11.3 Å². The van der Waals surface area contributed by atoms with Crippen LogP contribution in [0.5, 0.6) is 5.75 Å². The van der Waals surface area contributed by atoms with Gasteiger partial charge in [0.2, 0.25) is 5.91 Å². The second-order valence-corrected chi connectivity index (χ2v) is 8.29. The Labute approximate surface area is 169 Å². The van der Waals surface area contributed by atoms with Gasteiger partial charge in [-0.1, -0.05) is 44.2 Å². The second kappa shape index (κ2) is 8.15. The van der Waals surface area contributed by atoms with E-state index in [1.807, 2.05) is 5.38 Å². The summed E-state index contributed by atoms with van der Waals surface area (Å²) in [7, 11) is 0. The lowest BCUT2D eigenvalue weighted by Gasteiger charge is -2.08. The van der Waals surface area contributed by atoms with Crippen LogP contribution in [0.1, 0.15) is 41.6 Å². The molecule has 0 radical (unpaired) electrons. The second-order valence-electron chi connectivity index (χ2n) is 7.40. The molecule has 4 rings (SSSR count). The van der Waals surface area contributed by atoms with Crippen LogP contribution < -0.4 is 10.1 Å². The van der Waals surface area contributed by atoms with E-state index < -0.39 is 0 Å². The van der Waals surface area contributed by atoms with Crippen molar-refractivity contribution in [3.63, 3.8) is 0 Å². The summed E-state index contributed by atoms with van der Waals surface area (Å²) in [6, 6.07) is 14.7. The van der Waals surface area contributed by atoms with E-state index in [1.165, 1.54) is 16.7 Å². The van der Waals surface area contributed by atoms with E-state index in [4.69, 9.17) is 4.74 Å². The van der Waals surface area contributed by atoms with Crippen LogP contribution in [0.4, 0.5) is 0 Å². The third kappa shape index (κ3) is 4.25. The van der Waals surface area contributed by atoms with Crippen molar-refractivity contribution in [2.75, 3.05) is 6.61 Å². The average Bonchev–Trinajstić information content (AvgIpc) is 3.35. The minimum Gasteiger partial charge on any atom is -0.493 e. The number of aromatic nitrogens is 1. The van der Waals surface area contributed by atoms with E-state index >= 15 is 0 Å². The van der Waals surface area contributed by atoms with E-state index in [0.29, 0.717) is 18.9 Å². The molecular weight excluding hydrogens is 368 g/mol. The monoisotopic (exact) mass is 392 g/mol. The first kappa shape index (κ1) is 18.7. The van der Waals surface area contributed by atoms with Gasteiger partial charge in [0.15, 0.2) is 0 Å². The van der Waals surface area contributed by atoms with Crippen molar-refractivity contribution in [1.82, 2.24) is 10.3 Å². The molecule has 0 fully saturated rings. The van der Waals surface area contributed by atoms with Crippen LogP contribution in [0.3, 0.4) is 0 Å². The van der Waals surface area contributed by atoms with Crippen LogP contribution in [0.25, 0.3) is 11.1 Å². The first-order valence-electron chi connectivity index (χ1n) is 9.64. The number of nitrogens with zero attached hydrogens (tertiary/aromatic N) is 1. The van der Waals surface area contributed by atoms with E-state index in [-0.39, 0.29) is 5.91 Å². The van der Waals surface area contributed by atoms with Gasteiger partial charge in [0.1, 0.15) is 5.75 Å². The van der Waals surface area contributed by atoms with Crippen LogP contribution >= 0.6 is 11.3 Å². The Bertz CT molecular complexity index is 977. The molecule has 1 aliphatic rings. The minimum atomic E-state index is 0.00306. The Morgan fingerprint density at radius 2 is 1.96 bits per heavy atom. The molecule has 1 aliphatic heterocycles. The zero-order valence-electron chi connectivity index (χ0n) is 16.2. The molecule has 0 spiro atoms. The van der Waals surface area contributed by atoms with Gasteiger partial charge >= 0.3 is 0 Å². The van der Waals surface area contributed by atoms with Crippen molar-refractivity contribution >= 4 is 17.2 Å². The molecule has 0 unspecified atom stereocenters. The smallest absolute Gasteiger partial charge is 0.226 e. The Morgan fingerprint density at radius 3 is 2.71 bits per heavy atom. The Balaban J connectivity index is 1.33. The first-order valence-corrected chi connectivity index (χ1v) is 10.5. The summed E-state index contributed by atoms with van der Waals surface area (Å²) in [4.78, 5) is 16.7. The first-order chi connectivity index (χ1) is 13.6. The lowest BCUT2D eigenvalue weighted by atomic mass is 10.0. The molecule has 5 heteroatoms. The number of carbonyl (C=O) groups is 1. The highest BCUT2D eigenvalue weighted by Crippen LogP contribution is 2.30. The van der Waals surface area contributed by atoms with E-state index in [9.17, 15) is 4.79 Å². The van der Waals surface area contributed by atoms with Crippen molar-refractivity contribution in [2.45, 2.75) is 39.2 Å². The van der Waals surface area contributed by atoms with Gasteiger partial charge in [-0.05, 0) is 34.4 Å². The number of fused-ring (bicyclic) bond motifs is 1. The third-order valence-corrected chi connectivity index (χ3v) is 6.07. The number of thiazole rings is 1. The molecule has 0 atom stereocenters. The molecule has 1 N–H and O–H groups in total. The topological polar surface area (TPSA) is 51.2 Å². The van der Waals surface area contributed by atoms with Crippen LogP contribution in [0, 0.1) is 0 Å². The van der Waals surface area contributed by atoms with E-state index in [0.717, 1.165) is 35.0 Å². The fourth-order valence-electron chi connectivity index (χ4n) is 3.28. The zero-order chi connectivity index (χ0) is 19.5. The number of carbonyl (C=O) groups excluding carboxylic acids is 1. The molecular formula is C23H24N2O2S. The number of ether oxygens (including phenoxy) is 1. The Kier molecular flexibility index (Phi) is 5.44. The highest BCUT2D eigenvalue weighted by molar-refractivity contribution is 7.09. The van der Waals surface area contributed by atoms with Gasteiger partial charge in [-0.3, -0.25) is 4.79 Å². The highest BCUT2D eigenvalue weighted by atomic mass is 32.1. The number of benzene rings is 2. The number of amides is 1. The number of hydrogen-bond donors (Lipinski definition) is 1. The lowest BCUT2D eigenvalue weighted by Crippen LogP contribution is -2.24. The number of nitrogens with one attached hydrogen (secondary N) is 1. The summed E-state index contributed by atoms with van der Waals surface area (Å²) in [5.41, 5.74) is 5.58. The molecule has 0 saturated carbocycles. The fraction of sp³-hybridized carbons (Fsp3) is 0.304. The van der Waals surface area contributed by atoms with Crippen molar-refractivity contribution in [3.8, 4) is 16.9 Å². The van der Waals surface area contributed by atoms with Gasteiger partial charge in [0.25, 0.3) is 0 Å². The van der Waals surface area contributed by atoms with Crippen molar-refractivity contribution in [1.29, 1.82) is 0 Å². The summed E-state index contributed by atoms with van der Waals surface area (Å²) in [6.45, 7) is 5.53. The molecule has 4 nitrogen and oxygen atoms in total. The van der Waals surface area contributed by atoms with Gasteiger partial charge < -0.3 is 10.1 Å². The largest absolute Gasteiger partial charge is 0.493 e. The van der Waals surface area contributed by atoms with Crippen LogP contribution in [-0.4, -0.2) is 17.5 Å². The van der Waals surface area contributed by atoms with Crippen LogP contribution in [0.15, 0.2) is 47.8 Å². The van der Waals surface area contributed by atoms with Crippen molar-refractivity contribution in [2.24, 2.45) is 0 Å². The van der Waals surface area contributed by atoms with Gasteiger partial charge in [-0.2, -0.15) is 0 Å². The summed E-state index contributed by atoms with van der Waals surface area (Å²) in [6.07, 6.45) is 1.31. The summed E-state index contributed by atoms with van der Waals surface area (Å²) in [5.74, 6) is 1.41. The predicted octanol–water partition coefficient (Wildman–Crippen LogP) is 4.73. The fourth-order valence-corrected chi connectivity index (χ4v) is 4.11. The normalized spacial score (nSPS) is 12.7. The quantitative estimate of drug-likeness (QED) is 0.660. The molecule has 1 amide bonds. The lowest BCUT2D eigenvalue weighted by molar-refractivity contribution is -0.120. The number of rotatable bonds is 6. The molecule has 0 saturated heterocycles. The minimum absolute atomic E-state index is 0.00306. The van der Waals surface area contributed by atoms with Crippen LogP contribution in [0.2, 0.25) is 0 Å². The molecule has 28 heavy (non-hydrogen) atoms. The van der Waals surface area contributed by atoms with Gasteiger partial charge in [0, 0.05) is 24.3 Å². The van der Waals surface area contributed by atoms with Crippen molar-refractivity contribution in [3.05, 3.63) is 69.7 Å². The predicted molar refractivity (Wildman–Crippen MR) is 113 cm³/mol. The summed E-state index contributed by atoms with van der Waals surface area (Å²) in [5, 5.41) is 6.05. The summed E-state index contributed by atoms with van der Waals surface area (Å²) >= 11 is 1.62. The van der Waals surface area contributed by atoms with E-state index in [2.05, 4.69) is 66.6 Å². The highest BCUT2D eigenvalue weighted by Gasteiger charge is 2.13. The van der Waals surface area contributed by atoms with Gasteiger partial charge in [0.05, 0.1) is 23.7 Å². The molecule has 2 aromatic carbocycles. The average molecular weight is 393 g/mol. The zero-order valence-corrected chi connectivity index (χ0v) is 17.0. The van der Waals surface area contributed by atoms with Gasteiger partial charge in [-0.15, -0.1) is 11.3 Å². The third-order valence-electron chi connectivity index (χ3n) is 4.87. The molecule has 2 heterocycles. The maximum atomic E-state index is 12.2. The molecule has 144 valence electrons. The standard InChI is InChI=1S/C23H24N2O2S/c1-15(2)23-25-20(14-28-23)12-22(26)24-13-16-3-5-17(6-4-16)18-7-8-21-19(11-18)9-10-27-21/h3-8,11,14-15H,9-10,12-13H2,1-2H3,(H,24,26). The molecule has 1 aromatic heterocycles. The molecule has 0 bridgehead atoms. The molecule has 3 aromatic rings. The number of hydrogen-bond acceptors (Lipinski definition) is 4. The van der Waals surface area contributed by atoms with Crippen molar-refractivity contribution < 1.29 is 9.53 Å². The van der Waals surface area contributed by atoms with Gasteiger partial charge in [-0.25, -0.2) is 4.98 Å². The summed E-state index contributed by atoms with van der Waals surface area (Å²) < 4.78 is 5.57. The molecule has 0 aliphatic carbocycles. The Hall–Kier alpha value is -2.66.